The molecule has 0 fully saturated rings. The van der Waals surface area contributed by atoms with Crippen LogP contribution < -0.4 is 0 Å². The molecule has 0 amide bonds. The highest BCUT2D eigenvalue weighted by Gasteiger charge is 2.40. The zero-order chi connectivity index (χ0) is 9.76. The summed E-state index contributed by atoms with van der Waals surface area (Å²) in [5.41, 5.74) is 6.74. The van der Waals surface area contributed by atoms with E-state index in [-0.39, 0.29) is 5.41 Å². The molecule has 0 heterocycles. The minimum atomic E-state index is 0.279. The smallest absolute Gasteiger partial charge is 0.0290 e. The zero-order valence-corrected chi connectivity index (χ0v) is 8.93. The Bertz CT molecular complexity index is 415. The molecule has 1 atom stereocenters. The minimum Gasteiger partial charge on any atom is -0.0804 e. The van der Waals surface area contributed by atoms with Crippen LogP contribution in [0.25, 0.3) is 0 Å². The lowest BCUT2D eigenvalue weighted by atomic mass is 9.74. The van der Waals surface area contributed by atoms with Gasteiger partial charge in [0.05, 0.1) is 0 Å². The average molecular weight is 184 g/mol. The van der Waals surface area contributed by atoms with E-state index >= 15 is 0 Å². The third-order valence-corrected chi connectivity index (χ3v) is 4.11. The number of hydrogen-bond donors (Lipinski definition) is 0. The third-order valence-electron chi connectivity index (χ3n) is 4.11. The fraction of sp³-hybridized carbons (Fsp3) is 0.429. The second-order valence-corrected chi connectivity index (χ2v) is 4.80. The Morgan fingerprint density at radius 3 is 2.64 bits per heavy atom. The normalized spacial score (nSPS) is 34.1. The highest BCUT2D eigenvalue weighted by atomic mass is 14.4. The van der Waals surface area contributed by atoms with Gasteiger partial charge in [-0.05, 0) is 44.3 Å². The van der Waals surface area contributed by atoms with Crippen molar-refractivity contribution in [2.45, 2.75) is 33.1 Å². The Balaban J connectivity index is 2.08. The monoisotopic (exact) mass is 184 g/mol. The van der Waals surface area contributed by atoms with Crippen LogP contribution in [0.15, 0.2) is 46.6 Å². The Morgan fingerprint density at radius 1 is 1.29 bits per heavy atom. The lowest BCUT2D eigenvalue weighted by molar-refractivity contribution is 0.571. The quantitative estimate of drug-likeness (QED) is 0.579. The van der Waals surface area contributed by atoms with Crippen LogP contribution in [0.1, 0.15) is 33.1 Å². The molecule has 0 nitrogen and oxygen atoms in total. The first-order chi connectivity index (χ1) is 6.72. The number of allylic oxidation sites excluding steroid dienone is 8. The second-order valence-electron chi connectivity index (χ2n) is 4.80. The first-order valence-corrected chi connectivity index (χ1v) is 5.50. The van der Waals surface area contributed by atoms with Crippen molar-refractivity contribution in [2.75, 3.05) is 0 Å². The highest BCUT2D eigenvalue weighted by molar-refractivity contribution is 5.57. The molecule has 3 aliphatic rings. The Kier molecular flexibility index (Phi) is 1.48. The van der Waals surface area contributed by atoms with Gasteiger partial charge < -0.3 is 0 Å². The van der Waals surface area contributed by atoms with Crippen LogP contribution in [0.3, 0.4) is 0 Å². The summed E-state index contributed by atoms with van der Waals surface area (Å²) in [6.45, 7) is 4.68. The van der Waals surface area contributed by atoms with Gasteiger partial charge in [-0.2, -0.15) is 0 Å². The van der Waals surface area contributed by atoms with E-state index in [2.05, 4.69) is 38.2 Å². The predicted octanol–water partition coefficient (Wildman–Crippen LogP) is 3.93. The van der Waals surface area contributed by atoms with Gasteiger partial charge in [0, 0.05) is 5.41 Å². The molecule has 72 valence electrons. The molecular weight excluding hydrogens is 168 g/mol. The first kappa shape index (κ1) is 8.28. The van der Waals surface area contributed by atoms with E-state index in [1.54, 1.807) is 22.3 Å². The van der Waals surface area contributed by atoms with Gasteiger partial charge in [0.25, 0.3) is 0 Å². The van der Waals surface area contributed by atoms with E-state index in [0.29, 0.717) is 0 Å². The highest BCUT2D eigenvalue weighted by Crippen LogP contribution is 2.55. The van der Waals surface area contributed by atoms with Crippen molar-refractivity contribution in [1.29, 1.82) is 0 Å². The van der Waals surface area contributed by atoms with Crippen LogP contribution in [0, 0.1) is 5.41 Å². The average Bonchev–Trinajstić information content (AvgIpc) is 2.82. The zero-order valence-electron chi connectivity index (χ0n) is 8.93. The van der Waals surface area contributed by atoms with Gasteiger partial charge in [0.15, 0.2) is 0 Å². The van der Waals surface area contributed by atoms with Crippen LogP contribution >= 0.6 is 0 Å². The summed E-state index contributed by atoms with van der Waals surface area (Å²) in [6.07, 6.45) is 13.0. The summed E-state index contributed by atoms with van der Waals surface area (Å²) in [6, 6.07) is 0. The molecule has 0 aromatic carbocycles. The van der Waals surface area contributed by atoms with Crippen molar-refractivity contribution in [3.8, 4) is 0 Å². The molecule has 0 aliphatic heterocycles. The van der Waals surface area contributed by atoms with Crippen molar-refractivity contribution < 1.29 is 0 Å². The topological polar surface area (TPSA) is 0 Å². The SMILES string of the molecule is CC1=C2CCC1=CC2(C)C1=CC=CC1. The summed E-state index contributed by atoms with van der Waals surface area (Å²) in [5, 5.41) is 0. The molecule has 0 spiro atoms. The maximum absolute atomic E-state index is 2.50. The van der Waals surface area contributed by atoms with Gasteiger partial charge in [0.2, 0.25) is 0 Å². The van der Waals surface area contributed by atoms with Gasteiger partial charge in [-0.15, -0.1) is 0 Å². The molecule has 0 radical (unpaired) electrons. The van der Waals surface area contributed by atoms with Crippen molar-refractivity contribution in [2.24, 2.45) is 5.41 Å². The fourth-order valence-electron chi connectivity index (χ4n) is 3.21. The van der Waals surface area contributed by atoms with Crippen molar-refractivity contribution >= 4 is 0 Å². The first-order valence-electron chi connectivity index (χ1n) is 5.50. The van der Waals surface area contributed by atoms with Crippen LogP contribution in [0.4, 0.5) is 0 Å². The standard InChI is InChI=1S/C14H16/c1-10-11-7-8-13(10)14(2,9-11)12-5-3-4-6-12/h3-5,9H,6-8H2,1-2H3. The fourth-order valence-corrected chi connectivity index (χ4v) is 3.21. The van der Waals surface area contributed by atoms with E-state index < -0.39 is 0 Å². The van der Waals surface area contributed by atoms with Crippen LogP contribution in [0.5, 0.6) is 0 Å². The van der Waals surface area contributed by atoms with Gasteiger partial charge in [-0.3, -0.25) is 0 Å². The third kappa shape index (κ3) is 0.841. The molecule has 0 saturated carbocycles. The Morgan fingerprint density at radius 2 is 2.14 bits per heavy atom. The molecule has 0 saturated heterocycles. The molecule has 0 aromatic rings. The summed E-state index contributed by atoms with van der Waals surface area (Å²) < 4.78 is 0. The van der Waals surface area contributed by atoms with Crippen molar-refractivity contribution in [3.05, 3.63) is 46.6 Å². The van der Waals surface area contributed by atoms with E-state index in [4.69, 9.17) is 0 Å². The van der Waals surface area contributed by atoms with E-state index in [0.717, 1.165) is 6.42 Å². The van der Waals surface area contributed by atoms with Gasteiger partial charge in [-0.25, -0.2) is 0 Å². The van der Waals surface area contributed by atoms with E-state index in [1.165, 1.54) is 12.8 Å². The molecule has 1 unspecified atom stereocenters. The second kappa shape index (κ2) is 2.50. The summed E-state index contributed by atoms with van der Waals surface area (Å²) in [7, 11) is 0. The predicted molar refractivity (Wildman–Crippen MR) is 60.0 cm³/mol. The number of rotatable bonds is 1. The van der Waals surface area contributed by atoms with Gasteiger partial charge in [-0.1, -0.05) is 35.5 Å². The van der Waals surface area contributed by atoms with E-state index in [1.807, 2.05) is 0 Å². The Hall–Kier alpha value is -1.04. The van der Waals surface area contributed by atoms with Crippen molar-refractivity contribution in [1.82, 2.24) is 0 Å². The molecule has 3 rings (SSSR count). The molecular formula is C14H16. The maximum atomic E-state index is 2.50. The number of fused-ring (bicyclic) bond motifs is 1. The molecule has 0 heteroatoms. The van der Waals surface area contributed by atoms with Crippen molar-refractivity contribution in [3.63, 3.8) is 0 Å². The molecule has 0 N–H and O–H groups in total. The molecule has 14 heavy (non-hydrogen) atoms. The van der Waals surface area contributed by atoms with Gasteiger partial charge >= 0.3 is 0 Å². The molecule has 0 aromatic heterocycles. The van der Waals surface area contributed by atoms with Crippen LogP contribution in [0.2, 0.25) is 0 Å². The lowest BCUT2D eigenvalue weighted by Gasteiger charge is -2.30. The summed E-state index contributed by atoms with van der Waals surface area (Å²) in [4.78, 5) is 0. The van der Waals surface area contributed by atoms with Crippen LogP contribution in [-0.4, -0.2) is 0 Å². The lowest BCUT2D eigenvalue weighted by Crippen LogP contribution is -2.18. The molecule has 3 aliphatic carbocycles. The number of hydrogen-bond acceptors (Lipinski definition) is 0. The minimum absolute atomic E-state index is 0.279. The summed E-state index contributed by atoms with van der Waals surface area (Å²) >= 11 is 0. The largest absolute Gasteiger partial charge is 0.0804 e. The molecule has 2 bridgehead atoms. The Labute approximate surface area is 85.7 Å². The van der Waals surface area contributed by atoms with E-state index in [9.17, 15) is 0 Å². The van der Waals surface area contributed by atoms with Crippen LogP contribution in [-0.2, 0) is 0 Å². The van der Waals surface area contributed by atoms with Gasteiger partial charge in [0.1, 0.15) is 0 Å². The summed E-state index contributed by atoms with van der Waals surface area (Å²) in [5.74, 6) is 0. The maximum Gasteiger partial charge on any atom is 0.0290 e.